The first-order valence-corrected chi connectivity index (χ1v) is 8.43. The quantitative estimate of drug-likeness (QED) is 0.811. The smallest absolute Gasteiger partial charge is 0.251 e. The summed E-state index contributed by atoms with van der Waals surface area (Å²) in [5, 5.41) is 6.39. The summed E-state index contributed by atoms with van der Waals surface area (Å²) in [5.41, 5.74) is 0.597. The predicted molar refractivity (Wildman–Crippen MR) is 91.3 cm³/mol. The number of amides is 1. The van der Waals surface area contributed by atoms with E-state index < -0.39 is 0 Å². The van der Waals surface area contributed by atoms with Gasteiger partial charge >= 0.3 is 0 Å². The second kappa shape index (κ2) is 8.77. The average molecular weight is 320 g/mol. The molecule has 5 nitrogen and oxygen atoms in total. The molecule has 128 valence electrons. The molecular weight excluding hydrogens is 292 g/mol. The van der Waals surface area contributed by atoms with Crippen LogP contribution in [0.4, 0.5) is 0 Å². The zero-order chi connectivity index (χ0) is 16.7. The minimum atomic E-state index is -0.0665. The zero-order valence-electron chi connectivity index (χ0n) is 14.4. The van der Waals surface area contributed by atoms with Gasteiger partial charge in [0.2, 0.25) is 0 Å². The van der Waals surface area contributed by atoms with Gasteiger partial charge in [-0.15, -0.1) is 0 Å². The van der Waals surface area contributed by atoms with E-state index in [1.54, 1.807) is 25.3 Å². The summed E-state index contributed by atoms with van der Waals surface area (Å²) in [7, 11) is 1.58. The van der Waals surface area contributed by atoms with Gasteiger partial charge < -0.3 is 20.1 Å². The van der Waals surface area contributed by atoms with E-state index in [1.807, 2.05) is 13.8 Å². The van der Waals surface area contributed by atoms with Gasteiger partial charge in [-0.05, 0) is 70.3 Å². The second-order valence-electron chi connectivity index (χ2n) is 6.29. The van der Waals surface area contributed by atoms with Crippen molar-refractivity contribution in [2.24, 2.45) is 5.92 Å². The minimum absolute atomic E-state index is 0.0627. The third-order valence-corrected chi connectivity index (χ3v) is 4.03. The van der Waals surface area contributed by atoms with Gasteiger partial charge in [-0.25, -0.2) is 0 Å². The third kappa shape index (κ3) is 5.43. The Bertz CT molecular complexity index is 511. The lowest BCUT2D eigenvalue weighted by atomic mass is 9.96. The van der Waals surface area contributed by atoms with E-state index in [1.165, 1.54) is 12.8 Å². The highest BCUT2D eigenvalue weighted by Gasteiger charge is 2.15. The fraction of sp³-hybridized carbons (Fsp3) is 0.611. The fourth-order valence-electron chi connectivity index (χ4n) is 2.82. The summed E-state index contributed by atoms with van der Waals surface area (Å²) in [6.45, 7) is 6.80. The maximum atomic E-state index is 12.3. The number of carbonyl (C=O) groups excluding carboxylic acids is 1. The molecule has 0 aliphatic carbocycles. The Morgan fingerprint density at radius 1 is 1.39 bits per heavy atom. The number of carbonyl (C=O) groups is 1. The summed E-state index contributed by atoms with van der Waals surface area (Å²) >= 11 is 0. The number of methoxy groups -OCH3 is 1. The van der Waals surface area contributed by atoms with Gasteiger partial charge in [-0.3, -0.25) is 4.79 Å². The van der Waals surface area contributed by atoms with Crippen molar-refractivity contribution < 1.29 is 14.3 Å². The lowest BCUT2D eigenvalue weighted by molar-refractivity contribution is 0.0950. The molecule has 0 radical (unpaired) electrons. The number of hydrogen-bond donors (Lipinski definition) is 2. The van der Waals surface area contributed by atoms with Crippen molar-refractivity contribution in [2.45, 2.75) is 39.2 Å². The van der Waals surface area contributed by atoms with Crippen LogP contribution in [0.1, 0.15) is 43.5 Å². The maximum Gasteiger partial charge on any atom is 0.251 e. The third-order valence-electron chi connectivity index (χ3n) is 4.03. The predicted octanol–water partition coefficient (Wildman–Crippen LogP) is 2.60. The maximum absolute atomic E-state index is 12.3. The fourth-order valence-corrected chi connectivity index (χ4v) is 2.82. The first-order chi connectivity index (χ1) is 11.1. The van der Waals surface area contributed by atoms with Crippen LogP contribution < -0.4 is 20.1 Å². The molecule has 23 heavy (non-hydrogen) atoms. The van der Waals surface area contributed by atoms with Crippen LogP contribution in [0.15, 0.2) is 18.2 Å². The van der Waals surface area contributed by atoms with Crippen molar-refractivity contribution in [2.75, 3.05) is 26.7 Å². The normalized spacial score (nSPS) is 17.8. The molecule has 1 heterocycles. The summed E-state index contributed by atoms with van der Waals surface area (Å²) in [5.74, 6) is 1.85. The highest BCUT2D eigenvalue weighted by atomic mass is 16.5. The number of benzene rings is 1. The van der Waals surface area contributed by atoms with Gasteiger partial charge in [0.1, 0.15) is 0 Å². The molecule has 1 aliphatic heterocycles. The lowest BCUT2D eigenvalue weighted by Crippen LogP contribution is -2.33. The van der Waals surface area contributed by atoms with Crippen LogP contribution in [0, 0.1) is 5.92 Å². The van der Waals surface area contributed by atoms with Crippen molar-refractivity contribution in [3.63, 3.8) is 0 Å². The number of nitrogens with one attached hydrogen (secondary N) is 2. The molecule has 2 N–H and O–H groups in total. The van der Waals surface area contributed by atoms with Gasteiger partial charge in [0.05, 0.1) is 13.2 Å². The second-order valence-corrected chi connectivity index (χ2v) is 6.29. The molecule has 0 saturated carbocycles. The topological polar surface area (TPSA) is 59.6 Å². The van der Waals surface area contributed by atoms with Crippen molar-refractivity contribution in [3.05, 3.63) is 23.8 Å². The number of ether oxygens (including phenoxy) is 2. The molecule has 1 atom stereocenters. The SMILES string of the molecule is COc1cc(C(=O)NCCC2CCCNC2)ccc1OC(C)C. The number of rotatable bonds is 7. The van der Waals surface area contributed by atoms with E-state index >= 15 is 0 Å². The summed E-state index contributed by atoms with van der Waals surface area (Å²) in [6.07, 6.45) is 3.56. The van der Waals surface area contributed by atoms with Gasteiger partial charge in [-0.2, -0.15) is 0 Å². The Balaban J connectivity index is 1.88. The summed E-state index contributed by atoms with van der Waals surface area (Å²) in [6, 6.07) is 5.30. The van der Waals surface area contributed by atoms with E-state index in [2.05, 4.69) is 10.6 Å². The van der Waals surface area contributed by atoms with E-state index in [9.17, 15) is 4.79 Å². The summed E-state index contributed by atoms with van der Waals surface area (Å²) in [4.78, 5) is 12.3. The molecule has 0 aromatic heterocycles. The van der Waals surface area contributed by atoms with Crippen LogP contribution >= 0.6 is 0 Å². The molecule has 1 aromatic rings. The summed E-state index contributed by atoms with van der Waals surface area (Å²) < 4.78 is 11.0. The molecule has 1 unspecified atom stereocenters. The molecule has 1 fully saturated rings. The van der Waals surface area contributed by atoms with Crippen LogP contribution in [0.3, 0.4) is 0 Å². The standard InChI is InChI=1S/C18H28N2O3/c1-13(2)23-16-7-6-15(11-17(16)22-3)18(21)20-10-8-14-5-4-9-19-12-14/h6-7,11,13-14,19H,4-5,8-10,12H2,1-3H3,(H,20,21). The van der Waals surface area contributed by atoms with E-state index in [4.69, 9.17) is 9.47 Å². The molecule has 1 aliphatic rings. The molecule has 1 saturated heterocycles. The molecule has 2 rings (SSSR count). The Kier molecular flexibility index (Phi) is 6.71. The highest BCUT2D eigenvalue weighted by Crippen LogP contribution is 2.29. The Labute approximate surface area is 138 Å². The molecule has 1 amide bonds. The van der Waals surface area contributed by atoms with E-state index in [-0.39, 0.29) is 12.0 Å². The van der Waals surface area contributed by atoms with Crippen LogP contribution in [-0.4, -0.2) is 38.8 Å². The first-order valence-electron chi connectivity index (χ1n) is 8.43. The number of piperidine rings is 1. The Hall–Kier alpha value is -1.75. The zero-order valence-corrected chi connectivity index (χ0v) is 14.4. The average Bonchev–Trinajstić information content (AvgIpc) is 2.55. The number of hydrogen-bond acceptors (Lipinski definition) is 4. The van der Waals surface area contributed by atoms with Crippen LogP contribution in [0.2, 0.25) is 0 Å². The van der Waals surface area contributed by atoms with Crippen LogP contribution in [0.25, 0.3) is 0 Å². The molecule has 0 spiro atoms. The van der Waals surface area contributed by atoms with Crippen LogP contribution in [0.5, 0.6) is 11.5 Å². The van der Waals surface area contributed by atoms with Gasteiger partial charge in [0.15, 0.2) is 11.5 Å². The monoisotopic (exact) mass is 320 g/mol. The van der Waals surface area contributed by atoms with Crippen molar-refractivity contribution in [1.29, 1.82) is 0 Å². The van der Waals surface area contributed by atoms with Crippen molar-refractivity contribution in [1.82, 2.24) is 10.6 Å². The van der Waals surface area contributed by atoms with Gasteiger partial charge in [-0.1, -0.05) is 0 Å². The van der Waals surface area contributed by atoms with Crippen LogP contribution in [-0.2, 0) is 0 Å². The van der Waals surface area contributed by atoms with Crippen molar-refractivity contribution in [3.8, 4) is 11.5 Å². The first kappa shape index (κ1) is 17.6. The molecule has 5 heteroatoms. The highest BCUT2D eigenvalue weighted by molar-refractivity contribution is 5.94. The Morgan fingerprint density at radius 2 is 2.22 bits per heavy atom. The van der Waals surface area contributed by atoms with E-state index in [0.29, 0.717) is 29.5 Å². The Morgan fingerprint density at radius 3 is 2.87 bits per heavy atom. The molecule has 0 bridgehead atoms. The lowest BCUT2D eigenvalue weighted by Gasteiger charge is -2.22. The van der Waals surface area contributed by atoms with E-state index in [0.717, 1.165) is 19.5 Å². The molecular formula is C18H28N2O3. The molecule has 1 aromatic carbocycles. The van der Waals surface area contributed by atoms with Crippen molar-refractivity contribution >= 4 is 5.91 Å². The van der Waals surface area contributed by atoms with Gasteiger partial charge in [0, 0.05) is 12.1 Å². The van der Waals surface area contributed by atoms with Gasteiger partial charge in [0.25, 0.3) is 5.91 Å². The largest absolute Gasteiger partial charge is 0.493 e. The minimum Gasteiger partial charge on any atom is -0.493 e.